The number of alkyl carbamates (subject to hydrolysis) is 1. The van der Waals surface area contributed by atoms with Crippen LogP contribution in [0.3, 0.4) is 0 Å². The zero-order valence-corrected chi connectivity index (χ0v) is 18.9. The number of carbonyl (C=O) groups excluding carboxylic acids is 1. The maximum Gasteiger partial charge on any atom is 0.407 e. The Bertz CT molecular complexity index is 546. The van der Waals surface area contributed by atoms with E-state index in [-0.39, 0.29) is 6.09 Å². The van der Waals surface area contributed by atoms with E-state index in [0.717, 1.165) is 63.7 Å². The number of benzene rings is 1. The summed E-state index contributed by atoms with van der Waals surface area (Å²) < 4.78 is 16.9. The zero-order chi connectivity index (χ0) is 21.4. The van der Waals surface area contributed by atoms with Crippen LogP contribution in [0.4, 0.5) is 4.79 Å². The minimum Gasteiger partial charge on any atom is -0.494 e. The highest BCUT2D eigenvalue weighted by molar-refractivity contribution is 5.68. The van der Waals surface area contributed by atoms with Crippen LogP contribution < -0.4 is 10.1 Å². The molecule has 0 spiro atoms. The molecule has 0 fully saturated rings. The van der Waals surface area contributed by atoms with Crippen molar-refractivity contribution >= 4 is 6.09 Å². The highest BCUT2D eigenvalue weighted by atomic mass is 16.5. The molecule has 0 radical (unpaired) electrons. The summed E-state index contributed by atoms with van der Waals surface area (Å²) in [5, 5.41) is 3.03. The van der Waals surface area contributed by atoms with Crippen molar-refractivity contribution in [2.24, 2.45) is 0 Å². The van der Waals surface area contributed by atoms with Gasteiger partial charge in [0.15, 0.2) is 0 Å². The Morgan fingerprint density at radius 3 is 2.21 bits per heavy atom. The molecule has 0 aliphatic heterocycles. The quantitative estimate of drug-likeness (QED) is 0.347. The molecule has 0 aromatic heterocycles. The van der Waals surface area contributed by atoms with Crippen LogP contribution in [-0.4, -0.2) is 38.1 Å². The van der Waals surface area contributed by atoms with Crippen LogP contribution in [0.5, 0.6) is 5.75 Å². The zero-order valence-electron chi connectivity index (χ0n) is 18.9. The Hall–Kier alpha value is -1.75. The SMILES string of the molecule is CCCCOCC(C)(CCc1ccc(OCCCC)cc1)NC(=O)OCCCC. The summed E-state index contributed by atoms with van der Waals surface area (Å²) in [6.07, 6.45) is 7.46. The molecule has 1 N–H and O–H groups in total. The van der Waals surface area contributed by atoms with Gasteiger partial charge in [-0.25, -0.2) is 4.79 Å². The molecule has 1 amide bonds. The van der Waals surface area contributed by atoms with Crippen molar-refractivity contribution in [3.63, 3.8) is 0 Å². The Morgan fingerprint density at radius 1 is 0.931 bits per heavy atom. The Kier molecular flexibility index (Phi) is 13.2. The average Bonchev–Trinajstić information content (AvgIpc) is 2.71. The fraction of sp³-hybridized carbons (Fsp3) is 0.708. The first kappa shape index (κ1) is 25.3. The third-order valence-electron chi connectivity index (χ3n) is 4.85. The maximum absolute atomic E-state index is 12.2. The molecule has 166 valence electrons. The van der Waals surface area contributed by atoms with E-state index in [1.807, 2.05) is 19.1 Å². The lowest BCUT2D eigenvalue weighted by Crippen LogP contribution is -2.50. The summed E-state index contributed by atoms with van der Waals surface area (Å²) in [7, 11) is 0. The van der Waals surface area contributed by atoms with Crippen molar-refractivity contribution < 1.29 is 19.0 Å². The number of hydrogen-bond acceptors (Lipinski definition) is 4. The molecule has 0 saturated carbocycles. The molecule has 1 atom stereocenters. The van der Waals surface area contributed by atoms with Gasteiger partial charge in [0.25, 0.3) is 0 Å². The van der Waals surface area contributed by atoms with E-state index >= 15 is 0 Å². The number of aryl methyl sites for hydroxylation is 1. The normalized spacial score (nSPS) is 13.0. The van der Waals surface area contributed by atoms with Crippen molar-refractivity contribution in [2.45, 2.75) is 84.6 Å². The highest BCUT2D eigenvalue weighted by Crippen LogP contribution is 2.19. The van der Waals surface area contributed by atoms with E-state index in [0.29, 0.717) is 19.8 Å². The van der Waals surface area contributed by atoms with Crippen molar-refractivity contribution in [2.75, 3.05) is 26.4 Å². The Balaban J connectivity index is 2.59. The van der Waals surface area contributed by atoms with E-state index < -0.39 is 5.54 Å². The second kappa shape index (κ2) is 15.1. The Labute approximate surface area is 177 Å². The number of unbranched alkanes of at least 4 members (excludes halogenated alkanes) is 3. The number of ether oxygens (including phenoxy) is 3. The van der Waals surface area contributed by atoms with E-state index in [4.69, 9.17) is 14.2 Å². The minimum atomic E-state index is -0.465. The van der Waals surface area contributed by atoms with Crippen LogP contribution >= 0.6 is 0 Å². The molecule has 29 heavy (non-hydrogen) atoms. The lowest BCUT2D eigenvalue weighted by molar-refractivity contribution is 0.0623. The average molecular weight is 408 g/mol. The van der Waals surface area contributed by atoms with Crippen LogP contribution in [-0.2, 0) is 15.9 Å². The summed E-state index contributed by atoms with van der Waals surface area (Å²) in [6, 6.07) is 8.23. The third kappa shape index (κ3) is 11.7. The number of rotatable bonds is 16. The summed E-state index contributed by atoms with van der Waals surface area (Å²) in [4.78, 5) is 12.2. The number of hydrogen-bond donors (Lipinski definition) is 1. The Morgan fingerprint density at radius 2 is 1.55 bits per heavy atom. The largest absolute Gasteiger partial charge is 0.494 e. The van der Waals surface area contributed by atoms with Crippen molar-refractivity contribution in [3.05, 3.63) is 29.8 Å². The molecule has 1 rings (SSSR count). The lowest BCUT2D eigenvalue weighted by atomic mass is 9.94. The van der Waals surface area contributed by atoms with Gasteiger partial charge in [-0.2, -0.15) is 0 Å². The second-order valence-electron chi connectivity index (χ2n) is 7.93. The fourth-order valence-corrected chi connectivity index (χ4v) is 2.81. The van der Waals surface area contributed by atoms with Gasteiger partial charge in [0.05, 0.1) is 25.4 Å². The van der Waals surface area contributed by atoms with Gasteiger partial charge >= 0.3 is 6.09 Å². The monoisotopic (exact) mass is 407 g/mol. The summed E-state index contributed by atoms with van der Waals surface area (Å²) in [6.45, 7) is 10.8. The predicted molar refractivity (Wildman–Crippen MR) is 119 cm³/mol. The first-order chi connectivity index (χ1) is 14.0. The standard InChI is InChI=1S/C24H41NO4/c1-5-8-17-27-20-24(4,25-23(26)29-19-10-7-3)16-15-21-11-13-22(14-12-21)28-18-9-6-2/h11-14H,5-10,15-20H2,1-4H3,(H,25,26). The van der Waals surface area contributed by atoms with Gasteiger partial charge in [-0.15, -0.1) is 0 Å². The van der Waals surface area contributed by atoms with E-state index in [2.05, 4.69) is 38.2 Å². The lowest BCUT2D eigenvalue weighted by Gasteiger charge is -2.30. The minimum absolute atomic E-state index is 0.361. The number of carbonyl (C=O) groups is 1. The molecule has 0 saturated heterocycles. The first-order valence-electron chi connectivity index (χ1n) is 11.3. The van der Waals surface area contributed by atoms with Crippen LogP contribution in [0.25, 0.3) is 0 Å². The van der Waals surface area contributed by atoms with Crippen molar-refractivity contribution in [3.8, 4) is 5.75 Å². The second-order valence-corrected chi connectivity index (χ2v) is 7.93. The van der Waals surface area contributed by atoms with Crippen LogP contribution in [0.1, 0.15) is 78.2 Å². The van der Waals surface area contributed by atoms with Gasteiger partial charge in [0, 0.05) is 6.61 Å². The van der Waals surface area contributed by atoms with E-state index in [1.165, 1.54) is 5.56 Å². The van der Waals surface area contributed by atoms with Crippen molar-refractivity contribution in [1.82, 2.24) is 5.32 Å². The molecule has 0 bridgehead atoms. The molecular weight excluding hydrogens is 366 g/mol. The molecule has 1 aromatic carbocycles. The highest BCUT2D eigenvalue weighted by Gasteiger charge is 2.27. The van der Waals surface area contributed by atoms with Crippen LogP contribution in [0, 0.1) is 0 Å². The summed E-state index contributed by atoms with van der Waals surface area (Å²) in [5.74, 6) is 0.908. The molecule has 5 nitrogen and oxygen atoms in total. The van der Waals surface area contributed by atoms with Gasteiger partial charge in [0.2, 0.25) is 0 Å². The summed E-state index contributed by atoms with van der Waals surface area (Å²) >= 11 is 0. The third-order valence-corrected chi connectivity index (χ3v) is 4.85. The van der Waals surface area contributed by atoms with Gasteiger partial charge < -0.3 is 19.5 Å². The predicted octanol–water partition coefficient (Wildman–Crippen LogP) is 5.90. The molecule has 1 aromatic rings. The van der Waals surface area contributed by atoms with Gasteiger partial charge in [-0.1, -0.05) is 52.2 Å². The molecule has 0 aliphatic carbocycles. The molecule has 0 aliphatic rings. The molecule has 1 unspecified atom stereocenters. The molecule has 0 heterocycles. The van der Waals surface area contributed by atoms with E-state index in [9.17, 15) is 4.79 Å². The smallest absolute Gasteiger partial charge is 0.407 e. The van der Waals surface area contributed by atoms with Gasteiger partial charge in [-0.05, 0) is 56.7 Å². The number of amides is 1. The fourth-order valence-electron chi connectivity index (χ4n) is 2.81. The van der Waals surface area contributed by atoms with Crippen LogP contribution in [0.15, 0.2) is 24.3 Å². The number of nitrogens with one attached hydrogen (secondary N) is 1. The van der Waals surface area contributed by atoms with Crippen molar-refractivity contribution in [1.29, 1.82) is 0 Å². The van der Waals surface area contributed by atoms with Gasteiger partial charge in [-0.3, -0.25) is 0 Å². The summed E-state index contributed by atoms with van der Waals surface area (Å²) in [5.41, 5.74) is 0.752. The topological polar surface area (TPSA) is 56.8 Å². The first-order valence-corrected chi connectivity index (χ1v) is 11.3. The van der Waals surface area contributed by atoms with Crippen LogP contribution in [0.2, 0.25) is 0 Å². The molecular formula is C24H41NO4. The van der Waals surface area contributed by atoms with Gasteiger partial charge in [0.1, 0.15) is 5.75 Å². The maximum atomic E-state index is 12.2. The molecule has 5 heteroatoms. The van der Waals surface area contributed by atoms with E-state index in [1.54, 1.807) is 0 Å².